The van der Waals surface area contributed by atoms with Crippen molar-refractivity contribution in [2.75, 3.05) is 13.1 Å². The number of aliphatic hydroxyl groups is 1. The van der Waals surface area contributed by atoms with E-state index in [9.17, 15) is 9.90 Å². The third-order valence-electron chi connectivity index (χ3n) is 3.92. The molecule has 1 saturated heterocycles. The first-order valence-corrected chi connectivity index (χ1v) is 7.81. The zero-order valence-corrected chi connectivity index (χ0v) is 12.9. The summed E-state index contributed by atoms with van der Waals surface area (Å²) in [6.07, 6.45) is 3.54. The van der Waals surface area contributed by atoms with Crippen LogP contribution in [0.1, 0.15) is 51.2 Å². The van der Waals surface area contributed by atoms with Gasteiger partial charge < -0.3 is 14.7 Å². The monoisotopic (exact) mass is 291 g/mol. The van der Waals surface area contributed by atoms with E-state index in [0.717, 1.165) is 31.5 Å². The summed E-state index contributed by atoms with van der Waals surface area (Å²) in [6, 6.07) is 7.29. The Kier molecular flexibility index (Phi) is 5.62. The minimum atomic E-state index is -0.537. The highest BCUT2D eigenvalue weighted by Gasteiger charge is 2.22. The number of aliphatic hydroxyl groups excluding tert-OH is 1. The van der Waals surface area contributed by atoms with Gasteiger partial charge in [0.05, 0.1) is 6.10 Å². The fourth-order valence-electron chi connectivity index (χ4n) is 2.65. The Balaban J connectivity index is 1.98. The van der Waals surface area contributed by atoms with E-state index in [4.69, 9.17) is 4.74 Å². The van der Waals surface area contributed by atoms with Gasteiger partial charge in [-0.25, -0.2) is 0 Å². The van der Waals surface area contributed by atoms with Crippen LogP contribution in [-0.4, -0.2) is 35.1 Å². The SMILES string of the molecule is CC(Oc1cccc([C@H](C)O)c1)C(=O)N1CCCCCC1. The summed E-state index contributed by atoms with van der Waals surface area (Å²) in [4.78, 5) is 14.3. The van der Waals surface area contributed by atoms with Gasteiger partial charge in [0.25, 0.3) is 5.91 Å². The first kappa shape index (κ1) is 15.8. The van der Waals surface area contributed by atoms with Crippen molar-refractivity contribution in [3.8, 4) is 5.75 Å². The van der Waals surface area contributed by atoms with Gasteiger partial charge in [0.2, 0.25) is 0 Å². The lowest BCUT2D eigenvalue weighted by Gasteiger charge is -2.24. The third-order valence-corrected chi connectivity index (χ3v) is 3.92. The Hall–Kier alpha value is -1.55. The molecule has 4 nitrogen and oxygen atoms in total. The summed E-state index contributed by atoms with van der Waals surface area (Å²) in [5, 5.41) is 9.60. The minimum absolute atomic E-state index is 0.0550. The Morgan fingerprint density at radius 2 is 1.86 bits per heavy atom. The second kappa shape index (κ2) is 7.46. The molecular formula is C17H25NO3. The second-order valence-corrected chi connectivity index (χ2v) is 5.75. The Morgan fingerprint density at radius 1 is 1.19 bits per heavy atom. The maximum atomic E-state index is 12.4. The van der Waals surface area contributed by atoms with E-state index in [0.29, 0.717) is 5.75 Å². The van der Waals surface area contributed by atoms with Crippen molar-refractivity contribution in [2.24, 2.45) is 0 Å². The average molecular weight is 291 g/mol. The fourth-order valence-corrected chi connectivity index (χ4v) is 2.65. The van der Waals surface area contributed by atoms with E-state index in [1.54, 1.807) is 19.9 Å². The summed E-state index contributed by atoms with van der Waals surface area (Å²) < 4.78 is 5.76. The molecule has 1 fully saturated rings. The topological polar surface area (TPSA) is 49.8 Å². The number of benzene rings is 1. The molecule has 0 aliphatic carbocycles. The number of rotatable bonds is 4. The van der Waals surface area contributed by atoms with Crippen molar-refractivity contribution >= 4 is 5.91 Å². The molecular weight excluding hydrogens is 266 g/mol. The van der Waals surface area contributed by atoms with Crippen LogP contribution in [0.5, 0.6) is 5.75 Å². The van der Waals surface area contributed by atoms with Crippen LogP contribution in [0.2, 0.25) is 0 Å². The van der Waals surface area contributed by atoms with E-state index in [1.807, 2.05) is 23.1 Å². The normalized spacial score (nSPS) is 18.7. The highest BCUT2D eigenvalue weighted by molar-refractivity contribution is 5.80. The molecule has 21 heavy (non-hydrogen) atoms. The molecule has 116 valence electrons. The lowest BCUT2D eigenvalue weighted by atomic mass is 10.1. The van der Waals surface area contributed by atoms with E-state index < -0.39 is 12.2 Å². The van der Waals surface area contributed by atoms with Gasteiger partial charge in [-0.15, -0.1) is 0 Å². The molecule has 2 atom stereocenters. The average Bonchev–Trinajstić information content (AvgIpc) is 2.75. The van der Waals surface area contributed by atoms with Crippen molar-refractivity contribution in [2.45, 2.75) is 51.7 Å². The number of hydrogen-bond donors (Lipinski definition) is 1. The Bertz CT molecular complexity index is 465. The quantitative estimate of drug-likeness (QED) is 0.928. The van der Waals surface area contributed by atoms with Crippen LogP contribution in [0.3, 0.4) is 0 Å². The van der Waals surface area contributed by atoms with Crippen LogP contribution in [0.25, 0.3) is 0 Å². The minimum Gasteiger partial charge on any atom is -0.481 e. The molecule has 0 bridgehead atoms. The summed E-state index contributed by atoms with van der Waals surface area (Å²) in [7, 11) is 0. The zero-order valence-electron chi connectivity index (χ0n) is 12.9. The number of carbonyl (C=O) groups is 1. The van der Waals surface area contributed by atoms with Crippen LogP contribution in [0.15, 0.2) is 24.3 Å². The Morgan fingerprint density at radius 3 is 2.48 bits per heavy atom. The highest BCUT2D eigenvalue weighted by Crippen LogP contribution is 2.20. The number of ether oxygens (including phenoxy) is 1. The first-order valence-electron chi connectivity index (χ1n) is 7.81. The molecule has 1 aromatic rings. The maximum Gasteiger partial charge on any atom is 0.263 e. The van der Waals surface area contributed by atoms with Gasteiger partial charge in [-0.2, -0.15) is 0 Å². The summed E-state index contributed by atoms with van der Waals surface area (Å²) in [5.41, 5.74) is 0.793. The lowest BCUT2D eigenvalue weighted by molar-refractivity contribution is -0.137. The number of likely N-dealkylation sites (tertiary alicyclic amines) is 1. The molecule has 0 saturated carbocycles. The van der Waals surface area contributed by atoms with Gasteiger partial charge in [0.15, 0.2) is 6.10 Å². The van der Waals surface area contributed by atoms with Crippen molar-refractivity contribution in [3.63, 3.8) is 0 Å². The zero-order chi connectivity index (χ0) is 15.2. The smallest absolute Gasteiger partial charge is 0.263 e. The van der Waals surface area contributed by atoms with Crippen LogP contribution >= 0.6 is 0 Å². The van der Waals surface area contributed by atoms with Gasteiger partial charge in [-0.3, -0.25) is 4.79 Å². The molecule has 1 N–H and O–H groups in total. The fraction of sp³-hybridized carbons (Fsp3) is 0.588. The predicted octanol–water partition coefficient (Wildman–Crippen LogP) is 2.91. The maximum absolute atomic E-state index is 12.4. The van der Waals surface area contributed by atoms with Crippen LogP contribution in [0.4, 0.5) is 0 Å². The van der Waals surface area contributed by atoms with Gasteiger partial charge in [0.1, 0.15) is 5.75 Å². The van der Waals surface area contributed by atoms with Crippen molar-refractivity contribution in [1.82, 2.24) is 4.90 Å². The van der Waals surface area contributed by atoms with Crippen LogP contribution in [0, 0.1) is 0 Å². The molecule has 1 aliphatic heterocycles. The van der Waals surface area contributed by atoms with Gasteiger partial charge in [-0.05, 0) is 44.4 Å². The van der Waals surface area contributed by atoms with Crippen LogP contribution < -0.4 is 4.74 Å². The molecule has 1 aliphatic rings. The summed E-state index contributed by atoms with van der Waals surface area (Å²) in [6.45, 7) is 5.17. The predicted molar refractivity (Wildman–Crippen MR) is 82.2 cm³/mol. The lowest BCUT2D eigenvalue weighted by Crippen LogP contribution is -2.41. The molecule has 0 radical (unpaired) electrons. The molecule has 0 spiro atoms. The third kappa shape index (κ3) is 4.46. The molecule has 4 heteroatoms. The molecule has 0 aromatic heterocycles. The molecule has 2 rings (SSSR count). The van der Waals surface area contributed by atoms with Gasteiger partial charge >= 0.3 is 0 Å². The number of amides is 1. The van der Waals surface area contributed by atoms with Gasteiger partial charge in [-0.1, -0.05) is 25.0 Å². The number of carbonyl (C=O) groups excluding carboxylic acids is 1. The Labute approximate surface area is 126 Å². The van der Waals surface area contributed by atoms with E-state index in [1.165, 1.54) is 12.8 Å². The molecule has 1 amide bonds. The highest BCUT2D eigenvalue weighted by atomic mass is 16.5. The first-order chi connectivity index (χ1) is 10.1. The van der Waals surface area contributed by atoms with Crippen molar-refractivity contribution in [1.29, 1.82) is 0 Å². The van der Waals surface area contributed by atoms with E-state index >= 15 is 0 Å². The van der Waals surface area contributed by atoms with Crippen molar-refractivity contribution < 1.29 is 14.6 Å². The van der Waals surface area contributed by atoms with Gasteiger partial charge in [0, 0.05) is 13.1 Å². The second-order valence-electron chi connectivity index (χ2n) is 5.75. The summed E-state index contributed by atoms with van der Waals surface area (Å²) in [5.74, 6) is 0.684. The van der Waals surface area contributed by atoms with Crippen LogP contribution in [-0.2, 0) is 4.79 Å². The largest absolute Gasteiger partial charge is 0.481 e. The standard InChI is InChI=1S/C17H25NO3/c1-13(19)15-8-7-9-16(12-15)21-14(2)17(20)18-10-5-3-4-6-11-18/h7-9,12-14,19H,3-6,10-11H2,1-2H3/t13-,14?/m0/s1. The van der Waals surface area contributed by atoms with E-state index in [2.05, 4.69) is 0 Å². The van der Waals surface area contributed by atoms with Crippen molar-refractivity contribution in [3.05, 3.63) is 29.8 Å². The number of nitrogens with zero attached hydrogens (tertiary/aromatic N) is 1. The molecule has 1 aromatic carbocycles. The number of hydrogen-bond acceptors (Lipinski definition) is 3. The molecule has 1 unspecified atom stereocenters. The summed E-state index contributed by atoms with van der Waals surface area (Å²) >= 11 is 0. The van der Waals surface area contributed by atoms with E-state index in [-0.39, 0.29) is 5.91 Å². The molecule has 1 heterocycles.